The zero-order valence-electron chi connectivity index (χ0n) is 24.4. The molecule has 0 spiro atoms. The molecular weight excluding hydrogens is 560 g/mol. The molecule has 6 rings (SSSR count). The third-order valence-corrected chi connectivity index (χ3v) is 8.77. The molecule has 226 valence electrons. The standard InChI is InChI=1S/C33H34N6O5/c1-2-18-10-15-36-24(16-18)28-20(6-7-21(30(34)41)27(28)19-11-13-35-14-12-19)17-37-23-5-3-4-22-29(23)33(44)39(32(22)43)25-8-9-26(40)38-31(25)42/h3-7,10,15-16,19,25,35,37H,2,8-9,11-14,17H2,1H3,(H2,34,41)(H,38,40,42). The molecule has 2 aromatic carbocycles. The summed E-state index contributed by atoms with van der Waals surface area (Å²) in [6.07, 6.45) is 4.40. The van der Waals surface area contributed by atoms with Crippen LogP contribution in [0.5, 0.6) is 0 Å². The number of pyridine rings is 1. The first-order chi connectivity index (χ1) is 21.3. The number of primary amides is 1. The summed E-state index contributed by atoms with van der Waals surface area (Å²) in [5.41, 5.74) is 11.6. The van der Waals surface area contributed by atoms with Crippen molar-refractivity contribution in [2.45, 2.75) is 57.5 Å². The van der Waals surface area contributed by atoms with Crippen molar-refractivity contribution in [2.24, 2.45) is 5.73 Å². The Bertz CT molecular complexity index is 1700. The van der Waals surface area contributed by atoms with Crippen molar-refractivity contribution in [2.75, 3.05) is 18.4 Å². The van der Waals surface area contributed by atoms with E-state index in [1.54, 1.807) is 30.5 Å². The molecule has 11 nitrogen and oxygen atoms in total. The molecule has 3 aliphatic heterocycles. The van der Waals surface area contributed by atoms with Crippen molar-refractivity contribution in [3.8, 4) is 11.3 Å². The van der Waals surface area contributed by atoms with Gasteiger partial charge in [0.05, 0.1) is 16.8 Å². The highest BCUT2D eigenvalue weighted by Crippen LogP contribution is 2.39. The minimum absolute atomic E-state index is 0.0473. The van der Waals surface area contributed by atoms with Gasteiger partial charge in [-0.3, -0.25) is 39.2 Å². The number of aryl methyl sites for hydroxylation is 1. The molecule has 1 atom stereocenters. The van der Waals surface area contributed by atoms with E-state index in [2.05, 4.69) is 22.9 Å². The van der Waals surface area contributed by atoms with Crippen molar-refractivity contribution in [1.29, 1.82) is 0 Å². The number of carbonyl (C=O) groups is 5. The molecule has 44 heavy (non-hydrogen) atoms. The van der Waals surface area contributed by atoms with Gasteiger partial charge in [-0.2, -0.15) is 0 Å². The average Bonchev–Trinajstić information content (AvgIpc) is 3.29. The maximum atomic E-state index is 13.6. The number of aromatic nitrogens is 1. The number of anilines is 1. The molecule has 5 N–H and O–H groups in total. The third kappa shape index (κ3) is 5.24. The largest absolute Gasteiger partial charge is 0.380 e. The molecule has 0 bridgehead atoms. The number of nitrogens with one attached hydrogen (secondary N) is 3. The number of hydrogen-bond acceptors (Lipinski definition) is 8. The fraction of sp³-hybridized carbons (Fsp3) is 0.333. The zero-order valence-corrected chi connectivity index (χ0v) is 24.4. The molecule has 5 amide bonds. The quantitative estimate of drug-likeness (QED) is 0.289. The molecule has 1 unspecified atom stereocenters. The van der Waals surface area contributed by atoms with Crippen molar-refractivity contribution in [3.05, 3.63) is 82.0 Å². The molecule has 0 saturated carbocycles. The van der Waals surface area contributed by atoms with Crippen LogP contribution in [0.1, 0.15) is 86.3 Å². The van der Waals surface area contributed by atoms with Crippen LogP contribution in [0.2, 0.25) is 0 Å². The molecule has 3 aliphatic rings. The molecule has 2 saturated heterocycles. The summed E-state index contributed by atoms with van der Waals surface area (Å²) in [5, 5.41) is 8.97. The number of fused-ring (bicyclic) bond motifs is 1. The van der Waals surface area contributed by atoms with Gasteiger partial charge in [0.15, 0.2) is 0 Å². The molecule has 1 aromatic heterocycles. The van der Waals surface area contributed by atoms with Crippen LogP contribution in [-0.4, -0.2) is 58.6 Å². The molecular formula is C33H34N6O5. The van der Waals surface area contributed by atoms with Gasteiger partial charge in [0.1, 0.15) is 6.04 Å². The van der Waals surface area contributed by atoms with E-state index in [0.717, 1.165) is 65.2 Å². The van der Waals surface area contributed by atoms with E-state index < -0.39 is 35.6 Å². The molecule has 2 fully saturated rings. The van der Waals surface area contributed by atoms with Gasteiger partial charge < -0.3 is 16.4 Å². The van der Waals surface area contributed by atoms with E-state index in [4.69, 9.17) is 10.7 Å². The molecule has 4 heterocycles. The number of nitrogens with two attached hydrogens (primary N) is 1. The zero-order chi connectivity index (χ0) is 31.0. The van der Waals surface area contributed by atoms with Crippen LogP contribution in [0.25, 0.3) is 11.3 Å². The molecule has 11 heteroatoms. The number of benzene rings is 2. The van der Waals surface area contributed by atoms with Crippen molar-refractivity contribution in [3.63, 3.8) is 0 Å². The highest BCUT2D eigenvalue weighted by Gasteiger charge is 2.45. The Morgan fingerprint density at radius 3 is 2.55 bits per heavy atom. The molecule has 3 aromatic rings. The van der Waals surface area contributed by atoms with Gasteiger partial charge in [0, 0.05) is 36.0 Å². The predicted molar refractivity (Wildman–Crippen MR) is 163 cm³/mol. The summed E-state index contributed by atoms with van der Waals surface area (Å²) in [6, 6.07) is 11.5. The topological polar surface area (TPSA) is 164 Å². The van der Waals surface area contributed by atoms with Crippen LogP contribution in [0.3, 0.4) is 0 Å². The van der Waals surface area contributed by atoms with Gasteiger partial charge in [0.2, 0.25) is 17.7 Å². The third-order valence-electron chi connectivity index (χ3n) is 8.77. The average molecular weight is 595 g/mol. The lowest BCUT2D eigenvalue weighted by molar-refractivity contribution is -0.136. The fourth-order valence-corrected chi connectivity index (χ4v) is 6.55. The molecule has 0 radical (unpaired) electrons. The van der Waals surface area contributed by atoms with Crippen LogP contribution >= 0.6 is 0 Å². The minimum Gasteiger partial charge on any atom is -0.380 e. The van der Waals surface area contributed by atoms with Crippen LogP contribution < -0.4 is 21.7 Å². The van der Waals surface area contributed by atoms with Gasteiger partial charge in [-0.25, -0.2) is 0 Å². The van der Waals surface area contributed by atoms with Crippen molar-refractivity contribution < 1.29 is 24.0 Å². The van der Waals surface area contributed by atoms with Crippen LogP contribution in [0, 0.1) is 0 Å². The Hall–Kier alpha value is -4.90. The SMILES string of the molecule is CCc1ccnc(-c2c(CNc3cccc4c3C(=O)N(C3CCC(=O)NC3=O)C4=O)ccc(C(N)=O)c2C2CCNCC2)c1. The second-order valence-electron chi connectivity index (χ2n) is 11.4. The second kappa shape index (κ2) is 12.0. The minimum atomic E-state index is -1.05. The van der Waals surface area contributed by atoms with E-state index >= 15 is 0 Å². The maximum Gasteiger partial charge on any atom is 0.264 e. The van der Waals surface area contributed by atoms with E-state index in [1.807, 2.05) is 18.2 Å². The Kier molecular flexibility index (Phi) is 7.96. The van der Waals surface area contributed by atoms with E-state index in [-0.39, 0.29) is 36.4 Å². The van der Waals surface area contributed by atoms with Crippen LogP contribution in [0.4, 0.5) is 5.69 Å². The normalized spacial score (nSPS) is 18.8. The highest BCUT2D eigenvalue weighted by atomic mass is 16.2. The van der Waals surface area contributed by atoms with Crippen molar-refractivity contribution in [1.82, 2.24) is 20.5 Å². The van der Waals surface area contributed by atoms with Gasteiger partial charge in [-0.15, -0.1) is 0 Å². The fourth-order valence-electron chi connectivity index (χ4n) is 6.55. The number of amides is 5. The van der Waals surface area contributed by atoms with Crippen LogP contribution in [0.15, 0.2) is 48.7 Å². The lowest BCUT2D eigenvalue weighted by Crippen LogP contribution is -2.54. The molecule has 0 aliphatic carbocycles. The Labute approximate surface area is 254 Å². The highest BCUT2D eigenvalue weighted by molar-refractivity contribution is 6.25. The Morgan fingerprint density at radius 2 is 1.82 bits per heavy atom. The van der Waals surface area contributed by atoms with Gasteiger partial charge in [-0.1, -0.05) is 19.1 Å². The monoisotopic (exact) mass is 594 g/mol. The number of hydrogen-bond donors (Lipinski definition) is 4. The maximum absolute atomic E-state index is 13.6. The summed E-state index contributed by atoms with van der Waals surface area (Å²) in [6.45, 7) is 3.98. The van der Waals surface area contributed by atoms with Gasteiger partial charge in [-0.05, 0) is 91.7 Å². The summed E-state index contributed by atoms with van der Waals surface area (Å²) in [7, 11) is 0. The van der Waals surface area contributed by atoms with Gasteiger partial charge >= 0.3 is 0 Å². The number of piperidine rings is 2. The lowest BCUT2D eigenvalue weighted by Gasteiger charge is -2.28. The van der Waals surface area contributed by atoms with E-state index in [0.29, 0.717) is 11.3 Å². The smallest absolute Gasteiger partial charge is 0.264 e. The van der Waals surface area contributed by atoms with Crippen LogP contribution in [-0.2, 0) is 22.6 Å². The number of carbonyl (C=O) groups excluding carboxylic acids is 5. The number of rotatable bonds is 8. The van der Waals surface area contributed by atoms with E-state index in [1.165, 1.54) is 0 Å². The lowest BCUT2D eigenvalue weighted by atomic mass is 9.80. The Balaban J connectivity index is 1.39. The first-order valence-electron chi connectivity index (χ1n) is 15.0. The first-order valence-corrected chi connectivity index (χ1v) is 15.0. The number of nitrogens with zero attached hydrogens (tertiary/aromatic N) is 2. The van der Waals surface area contributed by atoms with Gasteiger partial charge in [0.25, 0.3) is 11.8 Å². The number of imide groups is 2. The summed E-state index contributed by atoms with van der Waals surface area (Å²) in [4.78, 5) is 69.6. The van der Waals surface area contributed by atoms with E-state index in [9.17, 15) is 24.0 Å². The predicted octanol–water partition coefficient (Wildman–Crippen LogP) is 2.89. The first kappa shape index (κ1) is 29.2. The van der Waals surface area contributed by atoms with Crippen molar-refractivity contribution >= 4 is 35.2 Å². The Morgan fingerprint density at radius 1 is 1.02 bits per heavy atom. The summed E-state index contributed by atoms with van der Waals surface area (Å²) in [5.74, 6) is -2.63. The second-order valence-corrected chi connectivity index (χ2v) is 11.4. The summed E-state index contributed by atoms with van der Waals surface area (Å²) < 4.78 is 0. The summed E-state index contributed by atoms with van der Waals surface area (Å²) >= 11 is 0.